The maximum absolute atomic E-state index is 13.4. The van der Waals surface area contributed by atoms with Gasteiger partial charge in [-0.1, -0.05) is 0 Å². The average Bonchev–Trinajstić information content (AvgIpc) is 2.81. The van der Waals surface area contributed by atoms with Crippen LogP contribution in [-0.4, -0.2) is 28.6 Å². The predicted octanol–water partition coefficient (Wildman–Crippen LogP) is 2.09. The minimum absolute atomic E-state index is 0.0364. The first-order valence-electron chi connectivity index (χ1n) is 6.97. The SMILES string of the molecule is C[C@@H](NC(=O)c1ccnc(F)c1)C(=O)C1CC(F)(F)C[C@H]1C#N. The Bertz CT molecular complexity index is 672. The zero-order chi connectivity index (χ0) is 17.2. The number of nitriles is 1. The summed E-state index contributed by atoms with van der Waals surface area (Å²) in [5.41, 5.74) is -0.0364. The molecule has 122 valence electrons. The van der Waals surface area contributed by atoms with Gasteiger partial charge in [-0.25, -0.2) is 13.8 Å². The van der Waals surface area contributed by atoms with Crippen molar-refractivity contribution in [3.05, 3.63) is 29.8 Å². The molecule has 1 aromatic heterocycles. The van der Waals surface area contributed by atoms with Crippen LogP contribution >= 0.6 is 0 Å². The fourth-order valence-electron chi connectivity index (χ4n) is 2.66. The summed E-state index contributed by atoms with van der Waals surface area (Å²) in [4.78, 5) is 27.5. The minimum atomic E-state index is -3.06. The number of ketones is 1. The van der Waals surface area contributed by atoms with Crippen molar-refractivity contribution in [2.24, 2.45) is 11.8 Å². The zero-order valence-corrected chi connectivity index (χ0v) is 12.2. The van der Waals surface area contributed by atoms with Crippen molar-refractivity contribution >= 4 is 11.7 Å². The van der Waals surface area contributed by atoms with Gasteiger partial charge in [0.1, 0.15) is 0 Å². The van der Waals surface area contributed by atoms with Crippen molar-refractivity contribution in [1.29, 1.82) is 5.26 Å². The molecule has 1 aliphatic rings. The molecule has 0 aliphatic heterocycles. The fraction of sp³-hybridized carbons (Fsp3) is 0.467. The number of aromatic nitrogens is 1. The van der Waals surface area contributed by atoms with Crippen LogP contribution in [0.4, 0.5) is 13.2 Å². The highest BCUT2D eigenvalue weighted by molar-refractivity contribution is 5.98. The summed E-state index contributed by atoms with van der Waals surface area (Å²) in [6.45, 7) is 1.35. The predicted molar refractivity (Wildman–Crippen MR) is 72.9 cm³/mol. The molecular formula is C15H14F3N3O2. The fourth-order valence-corrected chi connectivity index (χ4v) is 2.66. The highest BCUT2D eigenvalue weighted by Gasteiger charge is 2.50. The zero-order valence-electron chi connectivity index (χ0n) is 12.2. The molecule has 1 heterocycles. The lowest BCUT2D eigenvalue weighted by Crippen LogP contribution is -2.42. The molecule has 1 saturated carbocycles. The van der Waals surface area contributed by atoms with Crippen LogP contribution in [0.25, 0.3) is 0 Å². The molecule has 2 rings (SSSR count). The van der Waals surface area contributed by atoms with Crippen molar-refractivity contribution in [2.75, 3.05) is 0 Å². The van der Waals surface area contributed by atoms with E-state index in [2.05, 4.69) is 10.3 Å². The lowest BCUT2D eigenvalue weighted by molar-refractivity contribution is -0.125. The highest BCUT2D eigenvalue weighted by atomic mass is 19.3. The minimum Gasteiger partial charge on any atom is -0.343 e. The Balaban J connectivity index is 2.06. The van der Waals surface area contributed by atoms with Crippen LogP contribution < -0.4 is 5.32 Å². The number of hydrogen-bond acceptors (Lipinski definition) is 4. The van der Waals surface area contributed by atoms with Crippen LogP contribution in [0.1, 0.15) is 30.1 Å². The first-order valence-corrected chi connectivity index (χ1v) is 6.97. The Morgan fingerprint density at radius 3 is 2.78 bits per heavy atom. The molecule has 1 aromatic rings. The first-order chi connectivity index (χ1) is 10.7. The second kappa shape index (κ2) is 6.36. The van der Waals surface area contributed by atoms with Crippen molar-refractivity contribution in [3.8, 4) is 6.07 Å². The molecule has 3 atom stereocenters. The molecule has 23 heavy (non-hydrogen) atoms. The number of Topliss-reactive ketones (excluding diaryl/α,β-unsaturated/α-hetero) is 1. The summed E-state index contributed by atoms with van der Waals surface area (Å²) in [7, 11) is 0. The largest absolute Gasteiger partial charge is 0.343 e. The van der Waals surface area contributed by atoms with E-state index in [0.717, 1.165) is 12.3 Å². The molecule has 0 spiro atoms. The highest BCUT2D eigenvalue weighted by Crippen LogP contribution is 2.43. The summed E-state index contributed by atoms with van der Waals surface area (Å²) >= 11 is 0. The molecule has 8 heteroatoms. The lowest BCUT2D eigenvalue weighted by atomic mass is 9.89. The van der Waals surface area contributed by atoms with E-state index in [4.69, 9.17) is 5.26 Å². The number of pyridine rings is 1. The van der Waals surface area contributed by atoms with Gasteiger partial charge >= 0.3 is 0 Å². The van der Waals surface area contributed by atoms with Gasteiger partial charge < -0.3 is 5.32 Å². The summed E-state index contributed by atoms with van der Waals surface area (Å²) in [5.74, 6) is -7.45. The van der Waals surface area contributed by atoms with Gasteiger partial charge in [0.05, 0.1) is 18.0 Å². The number of amides is 1. The van der Waals surface area contributed by atoms with E-state index in [-0.39, 0.29) is 5.56 Å². The van der Waals surface area contributed by atoms with E-state index >= 15 is 0 Å². The van der Waals surface area contributed by atoms with E-state index in [1.165, 1.54) is 13.0 Å². The maximum Gasteiger partial charge on any atom is 0.252 e. The Morgan fingerprint density at radius 2 is 2.17 bits per heavy atom. The van der Waals surface area contributed by atoms with Gasteiger partial charge in [-0.3, -0.25) is 9.59 Å². The molecule has 0 radical (unpaired) electrons. The van der Waals surface area contributed by atoms with Gasteiger partial charge in [-0.2, -0.15) is 9.65 Å². The number of nitrogens with zero attached hydrogens (tertiary/aromatic N) is 2. The van der Waals surface area contributed by atoms with E-state index in [1.807, 2.05) is 0 Å². The van der Waals surface area contributed by atoms with Gasteiger partial charge in [0, 0.05) is 36.6 Å². The number of alkyl halides is 2. The maximum atomic E-state index is 13.4. The number of carbonyl (C=O) groups excluding carboxylic acids is 2. The van der Waals surface area contributed by atoms with E-state index in [1.54, 1.807) is 6.07 Å². The topological polar surface area (TPSA) is 82.8 Å². The van der Waals surface area contributed by atoms with Crippen LogP contribution in [0, 0.1) is 29.1 Å². The smallest absolute Gasteiger partial charge is 0.252 e. The van der Waals surface area contributed by atoms with Crippen molar-refractivity contribution in [2.45, 2.75) is 31.7 Å². The molecule has 1 unspecified atom stereocenters. The van der Waals surface area contributed by atoms with Crippen molar-refractivity contribution < 1.29 is 22.8 Å². The Labute approximate surface area is 130 Å². The van der Waals surface area contributed by atoms with Gasteiger partial charge in [0.2, 0.25) is 11.9 Å². The number of rotatable bonds is 4. The third-order valence-corrected chi connectivity index (χ3v) is 3.82. The van der Waals surface area contributed by atoms with Crippen LogP contribution in [-0.2, 0) is 4.79 Å². The molecular weight excluding hydrogens is 311 g/mol. The molecule has 0 saturated heterocycles. The van der Waals surface area contributed by atoms with E-state index in [0.29, 0.717) is 0 Å². The van der Waals surface area contributed by atoms with Crippen LogP contribution in [0.2, 0.25) is 0 Å². The third-order valence-electron chi connectivity index (χ3n) is 3.82. The molecule has 5 nitrogen and oxygen atoms in total. The molecule has 1 fully saturated rings. The Morgan fingerprint density at radius 1 is 1.48 bits per heavy atom. The summed E-state index contributed by atoms with van der Waals surface area (Å²) in [6, 6.07) is 2.82. The Hall–Kier alpha value is -2.43. The third kappa shape index (κ3) is 3.86. The van der Waals surface area contributed by atoms with Crippen LogP contribution in [0.3, 0.4) is 0 Å². The molecule has 1 N–H and O–H groups in total. The molecule has 0 aromatic carbocycles. The number of hydrogen-bond donors (Lipinski definition) is 1. The van der Waals surface area contributed by atoms with Gasteiger partial charge in [-0.05, 0) is 13.0 Å². The summed E-state index contributed by atoms with van der Waals surface area (Å²) in [6.07, 6.45) is -0.260. The van der Waals surface area contributed by atoms with Gasteiger partial charge in [-0.15, -0.1) is 0 Å². The summed E-state index contributed by atoms with van der Waals surface area (Å²) < 4.78 is 39.8. The summed E-state index contributed by atoms with van der Waals surface area (Å²) in [5, 5.41) is 11.3. The second-order valence-electron chi connectivity index (χ2n) is 5.57. The van der Waals surface area contributed by atoms with E-state index < -0.39 is 54.3 Å². The Kier molecular flexibility index (Phi) is 4.68. The monoisotopic (exact) mass is 325 g/mol. The van der Waals surface area contributed by atoms with Crippen LogP contribution in [0.15, 0.2) is 18.3 Å². The molecule has 1 aliphatic carbocycles. The molecule has 1 amide bonds. The van der Waals surface area contributed by atoms with Crippen LogP contribution in [0.5, 0.6) is 0 Å². The van der Waals surface area contributed by atoms with Gasteiger partial charge in [0.15, 0.2) is 5.78 Å². The van der Waals surface area contributed by atoms with Gasteiger partial charge in [0.25, 0.3) is 5.91 Å². The molecule has 0 bridgehead atoms. The second-order valence-corrected chi connectivity index (χ2v) is 5.57. The van der Waals surface area contributed by atoms with E-state index in [9.17, 15) is 22.8 Å². The average molecular weight is 325 g/mol. The normalized spacial score (nSPS) is 23.8. The standard InChI is InChI=1S/C15H14F3N3O2/c1-8(21-14(23)9-2-3-20-12(16)4-9)13(22)11-6-15(17,18)5-10(11)7-19/h2-4,8,10-11H,5-6H2,1H3,(H,21,23)/t8-,10+,11?/m1/s1. The van der Waals surface area contributed by atoms with Crippen molar-refractivity contribution in [3.63, 3.8) is 0 Å². The first kappa shape index (κ1) is 16.9. The number of halogens is 3. The van der Waals surface area contributed by atoms with Crippen molar-refractivity contribution in [1.82, 2.24) is 10.3 Å². The number of carbonyl (C=O) groups is 2. The number of nitrogens with one attached hydrogen (secondary N) is 1. The quantitative estimate of drug-likeness (QED) is 0.859. The lowest BCUT2D eigenvalue weighted by Gasteiger charge is -2.18.